The van der Waals surface area contributed by atoms with Crippen molar-refractivity contribution in [1.82, 2.24) is 9.80 Å². The Hall–Kier alpha value is -2.28. The van der Waals surface area contributed by atoms with Gasteiger partial charge in [0, 0.05) is 19.5 Å². The molecule has 2 saturated heterocycles. The molecule has 2 amide bonds. The summed E-state index contributed by atoms with van der Waals surface area (Å²) in [6, 6.07) is 12.8. The Morgan fingerprint density at radius 3 is 1.79 bits per heavy atom. The van der Waals surface area contributed by atoms with Crippen molar-refractivity contribution in [2.24, 2.45) is 0 Å². The summed E-state index contributed by atoms with van der Waals surface area (Å²) in [6.45, 7) is 5.57. The van der Waals surface area contributed by atoms with Gasteiger partial charge >= 0.3 is 0 Å². The van der Waals surface area contributed by atoms with E-state index in [-0.39, 0.29) is 40.4 Å². The van der Waals surface area contributed by atoms with Crippen LogP contribution < -0.4 is 0 Å². The maximum absolute atomic E-state index is 12.8. The van der Waals surface area contributed by atoms with E-state index in [1.54, 1.807) is 24.3 Å². The van der Waals surface area contributed by atoms with Crippen LogP contribution in [-0.2, 0) is 9.59 Å². The average Bonchev–Trinajstić information content (AvgIpc) is 2.82. The lowest BCUT2D eigenvalue weighted by atomic mass is 10.0. The van der Waals surface area contributed by atoms with Crippen molar-refractivity contribution in [3.63, 3.8) is 0 Å². The lowest BCUT2D eigenvalue weighted by molar-refractivity contribution is -0.136. The van der Waals surface area contributed by atoms with Crippen molar-refractivity contribution in [3.05, 3.63) is 71.3 Å². The summed E-state index contributed by atoms with van der Waals surface area (Å²) < 4.78 is 25.6. The number of benzene rings is 2. The third-order valence-electron chi connectivity index (χ3n) is 6.41. The van der Waals surface area contributed by atoms with E-state index in [1.165, 1.54) is 24.3 Å². The minimum Gasteiger partial charge on any atom is -0.336 e. The maximum atomic E-state index is 12.8. The highest BCUT2D eigenvalue weighted by Gasteiger charge is 2.30. The highest BCUT2D eigenvalue weighted by Crippen LogP contribution is 2.28. The minimum atomic E-state index is -0.246. The fourth-order valence-electron chi connectivity index (χ4n) is 4.32. The summed E-state index contributed by atoms with van der Waals surface area (Å²) in [5.74, 6) is -0.138. The second kappa shape index (κ2) is 11.7. The number of halogens is 3. The number of rotatable bonds is 4. The lowest BCUT2D eigenvalue weighted by Crippen LogP contribution is -2.43. The predicted octanol–water partition coefficient (Wildman–Crippen LogP) is 6.17. The van der Waals surface area contributed by atoms with Crippen LogP contribution in [-0.4, -0.2) is 39.5 Å². The van der Waals surface area contributed by atoms with Crippen molar-refractivity contribution >= 4 is 27.7 Å². The molecule has 2 heterocycles. The van der Waals surface area contributed by atoms with Gasteiger partial charge in [-0.15, -0.1) is 0 Å². The van der Waals surface area contributed by atoms with E-state index >= 15 is 0 Å². The molecule has 2 aliphatic rings. The summed E-state index contributed by atoms with van der Waals surface area (Å²) in [7, 11) is 0. The second-order valence-electron chi connectivity index (χ2n) is 8.64. The monoisotopic (exact) mass is 520 g/mol. The molecular weight excluding hydrogens is 490 g/mol. The van der Waals surface area contributed by atoms with Crippen LogP contribution in [0.5, 0.6) is 0 Å². The third-order valence-corrected chi connectivity index (χ3v) is 7.26. The average molecular weight is 521 g/mol. The number of amides is 2. The second-order valence-corrected chi connectivity index (χ2v) is 9.75. The van der Waals surface area contributed by atoms with E-state index in [0.29, 0.717) is 6.42 Å². The Bertz CT molecular complexity index is 936. The molecule has 4 rings (SSSR count). The number of nitrogens with zero attached hydrogens (tertiary/aromatic N) is 2. The number of carbonyl (C=O) groups is 2. The molecule has 2 fully saturated rings. The maximum Gasteiger partial charge on any atom is 0.236 e. The van der Waals surface area contributed by atoms with Gasteiger partial charge in [-0.05, 0) is 74.9 Å². The minimum absolute atomic E-state index is 0.00319. The number of hydrogen-bond donors (Lipinski definition) is 0. The fourth-order valence-corrected chi connectivity index (χ4v) is 4.90. The zero-order chi connectivity index (χ0) is 24.0. The Morgan fingerprint density at radius 1 is 0.788 bits per heavy atom. The number of hydrogen-bond acceptors (Lipinski definition) is 2. The molecule has 1 unspecified atom stereocenters. The van der Waals surface area contributed by atoms with Gasteiger partial charge in [-0.3, -0.25) is 9.59 Å². The highest BCUT2D eigenvalue weighted by molar-refractivity contribution is 9.10. The van der Waals surface area contributed by atoms with E-state index in [0.717, 1.165) is 49.9 Å². The van der Waals surface area contributed by atoms with Gasteiger partial charge in [0.15, 0.2) is 0 Å². The summed E-state index contributed by atoms with van der Waals surface area (Å²) in [6.07, 6.45) is 4.60. The quantitative estimate of drug-likeness (QED) is 0.452. The zero-order valence-electron chi connectivity index (χ0n) is 19.1. The molecular formula is C26H31BrF2N2O2. The number of piperidine rings is 2. The van der Waals surface area contributed by atoms with Crippen molar-refractivity contribution in [1.29, 1.82) is 0 Å². The smallest absolute Gasteiger partial charge is 0.236 e. The standard InChI is InChI=1S/C13H15BrFNO.C13H16FNO/c1-9(10-4-6-11(15)7-5-10)16-8-2-3-12(14)13(16)17;1-10(11-5-7-12(14)8-6-11)15-9-3-2-4-13(15)16/h4-7,9,12H,2-3,8H2,1H3;5-8,10H,2-4,9H2,1H3/t9-,12?;10-/m00/s1. The number of carbonyl (C=O) groups excluding carboxylic acids is 2. The topological polar surface area (TPSA) is 40.6 Å². The molecule has 0 radical (unpaired) electrons. The van der Waals surface area contributed by atoms with E-state index in [4.69, 9.17) is 0 Å². The Balaban J connectivity index is 0.000000186. The molecule has 7 heteroatoms. The van der Waals surface area contributed by atoms with E-state index < -0.39 is 0 Å². The Morgan fingerprint density at radius 2 is 1.27 bits per heavy atom. The summed E-state index contributed by atoms with van der Waals surface area (Å²) in [5, 5.41) is 0. The fraction of sp³-hybridized carbons (Fsp3) is 0.462. The first kappa shape index (κ1) is 25.3. The van der Waals surface area contributed by atoms with Gasteiger partial charge in [0.25, 0.3) is 0 Å². The molecule has 3 atom stereocenters. The van der Waals surface area contributed by atoms with Gasteiger partial charge in [-0.2, -0.15) is 0 Å². The van der Waals surface area contributed by atoms with Crippen LogP contribution in [0.15, 0.2) is 48.5 Å². The molecule has 0 bridgehead atoms. The van der Waals surface area contributed by atoms with Crippen LogP contribution in [0, 0.1) is 11.6 Å². The van der Waals surface area contributed by atoms with Gasteiger partial charge < -0.3 is 9.80 Å². The van der Waals surface area contributed by atoms with E-state index in [2.05, 4.69) is 15.9 Å². The predicted molar refractivity (Wildman–Crippen MR) is 129 cm³/mol. The molecule has 0 aliphatic carbocycles. The summed E-state index contributed by atoms with van der Waals surface area (Å²) in [4.78, 5) is 27.4. The Labute approximate surface area is 203 Å². The van der Waals surface area contributed by atoms with Crippen LogP contribution >= 0.6 is 15.9 Å². The molecule has 4 nitrogen and oxygen atoms in total. The van der Waals surface area contributed by atoms with Crippen LogP contribution in [0.2, 0.25) is 0 Å². The van der Waals surface area contributed by atoms with Crippen molar-refractivity contribution in [2.45, 2.75) is 62.9 Å². The van der Waals surface area contributed by atoms with Crippen molar-refractivity contribution in [3.8, 4) is 0 Å². The third kappa shape index (κ3) is 6.62. The van der Waals surface area contributed by atoms with E-state index in [9.17, 15) is 18.4 Å². The van der Waals surface area contributed by atoms with E-state index in [1.807, 2.05) is 23.6 Å². The van der Waals surface area contributed by atoms with Crippen LogP contribution in [0.1, 0.15) is 69.2 Å². The SMILES string of the molecule is C[C@@H](c1ccc(F)cc1)N1CCCC(Br)C1=O.C[C@@H](c1ccc(F)cc1)N1CCCCC1=O. The van der Waals surface area contributed by atoms with Crippen LogP contribution in [0.3, 0.4) is 0 Å². The molecule has 0 spiro atoms. The molecule has 178 valence electrons. The Kier molecular flexibility index (Phi) is 9.01. The van der Waals surface area contributed by atoms with Gasteiger partial charge in [-0.25, -0.2) is 8.78 Å². The van der Waals surface area contributed by atoms with Crippen LogP contribution in [0.4, 0.5) is 8.78 Å². The first-order valence-corrected chi connectivity index (χ1v) is 12.4. The van der Waals surface area contributed by atoms with Crippen LogP contribution in [0.25, 0.3) is 0 Å². The normalized spacial score (nSPS) is 20.7. The zero-order valence-corrected chi connectivity index (χ0v) is 20.7. The first-order valence-electron chi connectivity index (χ1n) is 11.5. The molecule has 2 aromatic rings. The molecule has 2 aromatic carbocycles. The summed E-state index contributed by atoms with van der Waals surface area (Å²) in [5.41, 5.74) is 1.97. The highest BCUT2D eigenvalue weighted by atomic mass is 79.9. The lowest BCUT2D eigenvalue weighted by Gasteiger charge is -2.35. The van der Waals surface area contributed by atoms with Gasteiger partial charge in [0.2, 0.25) is 11.8 Å². The number of alkyl halides is 1. The summed E-state index contributed by atoms with van der Waals surface area (Å²) >= 11 is 3.40. The van der Waals surface area contributed by atoms with Crippen molar-refractivity contribution < 1.29 is 18.4 Å². The van der Waals surface area contributed by atoms with Gasteiger partial charge in [0.05, 0.1) is 16.9 Å². The molecule has 33 heavy (non-hydrogen) atoms. The largest absolute Gasteiger partial charge is 0.336 e. The van der Waals surface area contributed by atoms with Gasteiger partial charge in [0.1, 0.15) is 11.6 Å². The molecule has 0 saturated carbocycles. The molecule has 0 aromatic heterocycles. The molecule has 0 N–H and O–H groups in total. The number of likely N-dealkylation sites (tertiary alicyclic amines) is 2. The molecule has 2 aliphatic heterocycles. The first-order chi connectivity index (χ1) is 15.8. The van der Waals surface area contributed by atoms with Crippen molar-refractivity contribution in [2.75, 3.05) is 13.1 Å². The van der Waals surface area contributed by atoms with Gasteiger partial charge in [-0.1, -0.05) is 40.2 Å².